The first-order chi connectivity index (χ1) is 38.1. The standard InChI is InChI=1S/C46H75N13O22/c1-19(54-42(73)21(3)78-39-35(57-23(5)62)45-77-18-27(80-45)38(39)81-46-34(56-22(4)61)37(70)36(69)26(17-60)79-46)41(72)59-24(40(48)71)9-10-28(63)58-25(43(74)55-20(2)44(75)76)8-6-7-11-49-30(65)13-51-32(67)15-53-33(68)16-52-31(66)14-50-29(64)12-47/h19-21,24-27,34-39,45-46,60,69-70H,6-18,47H2,1-5H3,(H2,48,71)(H,49,65)(H,50,64)(H,51,67)(H,52,66)(H,53,68)(H,54,73)(H,55,74)(H,56,61)(H,57,62)(H,58,63)(H,59,72)(H,75,76). The van der Waals surface area contributed by atoms with Crippen molar-refractivity contribution in [3.05, 3.63) is 0 Å². The van der Waals surface area contributed by atoms with Crippen molar-refractivity contribution in [3.8, 4) is 0 Å². The molecule has 0 aliphatic carbocycles. The van der Waals surface area contributed by atoms with E-state index in [-0.39, 0.29) is 39.0 Å². The molecule has 3 fully saturated rings. The highest BCUT2D eigenvalue weighted by molar-refractivity contribution is 5.94. The van der Waals surface area contributed by atoms with E-state index in [1.165, 1.54) is 27.7 Å². The third-order valence-corrected chi connectivity index (χ3v) is 12.4. The summed E-state index contributed by atoms with van der Waals surface area (Å²) in [6.07, 6.45) is -13.0. The first kappa shape index (κ1) is 68.0. The Balaban J connectivity index is 1.54. The van der Waals surface area contributed by atoms with Crippen LogP contribution in [0.25, 0.3) is 0 Å². The second-order valence-electron chi connectivity index (χ2n) is 19.0. The van der Waals surface area contributed by atoms with Crippen LogP contribution in [0.5, 0.6) is 0 Å². The van der Waals surface area contributed by atoms with Crippen molar-refractivity contribution < 1.29 is 106 Å². The summed E-state index contributed by atoms with van der Waals surface area (Å²) in [6, 6.07) is -8.15. The maximum Gasteiger partial charge on any atom is 0.325 e. The molecule has 0 radical (unpaired) electrons. The number of carbonyl (C=O) groups is 13. The molecule has 35 nitrogen and oxygen atoms in total. The van der Waals surface area contributed by atoms with Crippen molar-refractivity contribution in [3.63, 3.8) is 0 Å². The van der Waals surface area contributed by atoms with Gasteiger partial charge in [0.1, 0.15) is 79.0 Å². The van der Waals surface area contributed by atoms with Gasteiger partial charge in [0.15, 0.2) is 12.6 Å². The van der Waals surface area contributed by atoms with Gasteiger partial charge in [0.05, 0.1) is 45.9 Å². The van der Waals surface area contributed by atoms with Gasteiger partial charge < -0.3 is 114 Å². The molecule has 456 valence electrons. The predicted octanol–water partition coefficient (Wildman–Crippen LogP) is -10.6. The summed E-state index contributed by atoms with van der Waals surface area (Å²) >= 11 is 0. The van der Waals surface area contributed by atoms with Gasteiger partial charge in [0.2, 0.25) is 70.9 Å². The number of unbranched alkanes of at least 4 members (excludes halogenated alkanes) is 1. The number of amides is 12. The van der Waals surface area contributed by atoms with Crippen molar-refractivity contribution in [1.29, 1.82) is 0 Å². The third kappa shape index (κ3) is 22.7. The minimum Gasteiger partial charge on any atom is -0.480 e. The number of hydrogen-bond acceptors (Lipinski definition) is 22. The molecule has 19 N–H and O–H groups in total. The number of aliphatic hydroxyl groups is 3. The number of carbonyl (C=O) groups excluding carboxylic acids is 12. The molecule has 3 saturated heterocycles. The SMILES string of the molecule is CC(=O)NC1C(OC2C3COC(O3)C(NC(C)=O)C2OC(C)C(=O)NC(C)C(=O)NC(CCC(=O)NC(CCCCNC(=O)CNC(=O)CNC(=O)CNC(=O)CNC(=O)CN)C(=O)NC(C)C(=O)O)C(N)=O)OC(CO)C(O)C1O. The summed E-state index contributed by atoms with van der Waals surface area (Å²) in [7, 11) is 0. The number of aliphatic hydroxyl groups excluding tert-OH is 3. The van der Waals surface area contributed by atoms with Crippen LogP contribution in [-0.4, -0.2) is 241 Å². The van der Waals surface area contributed by atoms with Crippen LogP contribution in [-0.2, 0) is 86.0 Å². The number of primary amides is 1. The van der Waals surface area contributed by atoms with Gasteiger partial charge in [0.25, 0.3) is 0 Å². The van der Waals surface area contributed by atoms with Gasteiger partial charge in [-0.3, -0.25) is 62.3 Å². The summed E-state index contributed by atoms with van der Waals surface area (Å²) in [5.41, 5.74) is 10.7. The Hall–Kier alpha value is -7.25. The monoisotopic (exact) mass is 1160 g/mol. The van der Waals surface area contributed by atoms with Gasteiger partial charge in [-0.25, -0.2) is 0 Å². The molecule has 3 heterocycles. The number of nitrogens with one attached hydrogen (secondary N) is 11. The van der Waals surface area contributed by atoms with Crippen molar-refractivity contribution in [2.24, 2.45) is 11.5 Å². The van der Waals surface area contributed by atoms with Gasteiger partial charge >= 0.3 is 5.97 Å². The van der Waals surface area contributed by atoms with Crippen LogP contribution in [0.3, 0.4) is 0 Å². The zero-order chi connectivity index (χ0) is 60.7. The molecular formula is C46H75N13O22. The predicted molar refractivity (Wildman–Crippen MR) is 270 cm³/mol. The quantitative estimate of drug-likeness (QED) is 0.0271. The normalized spacial score (nSPS) is 24.6. The number of carboxylic acid groups (broad SMARTS) is 1. The second-order valence-corrected chi connectivity index (χ2v) is 19.0. The number of aliphatic carboxylic acids is 1. The van der Waals surface area contributed by atoms with Crippen LogP contribution >= 0.6 is 0 Å². The number of fused-ring (bicyclic) bond motifs is 2. The fourth-order valence-corrected chi connectivity index (χ4v) is 8.03. The Kier molecular flexibility index (Phi) is 28.1. The molecular weight excluding hydrogens is 1090 g/mol. The molecule has 3 rings (SSSR count). The lowest BCUT2D eigenvalue weighted by molar-refractivity contribution is -0.313. The van der Waals surface area contributed by atoms with Gasteiger partial charge in [-0.05, 0) is 46.5 Å². The molecule has 35 heteroatoms. The lowest BCUT2D eigenvalue weighted by Gasteiger charge is -2.47. The molecule has 0 spiro atoms. The van der Waals surface area contributed by atoms with Crippen LogP contribution in [0, 0.1) is 0 Å². The Morgan fingerprint density at radius 1 is 0.617 bits per heavy atom. The summed E-state index contributed by atoms with van der Waals surface area (Å²) in [6.45, 7) is 2.93. The highest BCUT2D eigenvalue weighted by Gasteiger charge is 2.56. The zero-order valence-electron chi connectivity index (χ0n) is 45.1. The van der Waals surface area contributed by atoms with Crippen LogP contribution < -0.4 is 70.0 Å². The van der Waals surface area contributed by atoms with E-state index in [0.29, 0.717) is 0 Å². The lowest BCUT2D eigenvalue weighted by atomic mass is 9.95. The van der Waals surface area contributed by atoms with E-state index in [9.17, 15) is 82.8 Å². The van der Waals surface area contributed by atoms with Crippen LogP contribution in [0.1, 0.15) is 66.7 Å². The number of rotatable bonds is 33. The summed E-state index contributed by atoms with van der Waals surface area (Å²) in [5, 5.41) is 66.6. The topological polar surface area (TPSA) is 533 Å². The summed E-state index contributed by atoms with van der Waals surface area (Å²) in [5.74, 6) is -10.6. The molecule has 12 amide bonds. The fraction of sp³-hybridized carbons (Fsp3) is 0.717. The molecule has 0 aromatic carbocycles. The number of nitrogens with two attached hydrogens (primary N) is 2. The maximum atomic E-state index is 13.6. The van der Waals surface area contributed by atoms with Gasteiger partial charge in [0, 0.05) is 26.8 Å². The molecule has 3 aliphatic heterocycles. The van der Waals surface area contributed by atoms with Crippen LogP contribution in [0.15, 0.2) is 0 Å². The van der Waals surface area contributed by atoms with Gasteiger partial charge in [-0.1, -0.05) is 0 Å². The van der Waals surface area contributed by atoms with Crippen molar-refractivity contribution in [2.75, 3.05) is 52.5 Å². The number of hydrogen-bond donors (Lipinski definition) is 17. The largest absolute Gasteiger partial charge is 0.480 e. The fourth-order valence-electron chi connectivity index (χ4n) is 8.03. The van der Waals surface area contributed by atoms with Crippen molar-refractivity contribution >= 4 is 76.9 Å². The smallest absolute Gasteiger partial charge is 0.325 e. The Morgan fingerprint density at radius 2 is 1.17 bits per heavy atom. The molecule has 0 saturated carbocycles. The van der Waals surface area contributed by atoms with E-state index in [1.807, 2.05) is 0 Å². The van der Waals surface area contributed by atoms with Crippen LogP contribution in [0.4, 0.5) is 0 Å². The number of ether oxygens (including phenoxy) is 5. The first-order valence-corrected chi connectivity index (χ1v) is 25.7. The van der Waals surface area contributed by atoms with Gasteiger partial charge in [-0.2, -0.15) is 0 Å². The lowest BCUT2D eigenvalue weighted by Crippen LogP contribution is -2.68. The zero-order valence-corrected chi connectivity index (χ0v) is 45.1. The Morgan fingerprint density at radius 3 is 1.72 bits per heavy atom. The van der Waals surface area contributed by atoms with E-state index in [0.717, 1.165) is 6.92 Å². The molecule has 81 heavy (non-hydrogen) atoms. The summed E-state index contributed by atoms with van der Waals surface area (Å²) < 4.78 is 29.8. The molecule has 0 aromatic heterocycles. The highest BCUT2D eigenvalue weighted by Crippen LogP contribution is 2.35. The Bertz CT molecular complexity index is 2260. The highest BCUT2D eigenvalue weighted by atomic mass is 16.8. The average molecular weight is 1160 g/mol. The molecule has 15 atom stereocenters. The van der Waals surface area contributed by atoms with E-state index < -0.39 is 214 Å². The maximum absolute atomic E-state index is 13.6. The third-order valence-electron chi connectivity index (χ3n) is 12.4. The second kappa shape index (κ2) is 33.5. The van der Waals surface area contributed by atoms with Gasteiger partial charge in [-0.15, -0.1) is 0 Å². The Labute approximate surface area is 463 Å². The minimum atomic E-state index is -1.70. The van der Waals surface area contributed by atoms with Crippen LogP contribution in [0.2, 0.25) is 0 Å². The first-order valence-electron chi connectivity index (χ1n) is 25.7. The van der Waals surface area contributed by atoms with E-state index >= 15 is 0 Å². The molecule has 0 aromatic rings. The molecule has 3 aliphatic rings. The molecule has 2 bridgehead atoms. The number of carboxylic acids is 1. The average Bonchev–Trinajstić information content (AvgIpc) is 3.97. The van der Waals surface area contributed by atoms with E-state index in [2.05, 4.69) is 58.5 Å². The van der Waals surface area contributed by atoms with E-state index in [4.69, 9.17) is 35.2 Å². The van der Waals surface area contributed by atoms with Crippen molar-refractivity contribution in [1.82, 2.24) is 58.5 Å². The summed E-state index contributed by atoms with van der Waals surface area (Å²) in [4.78, 5) is 161. The van der Waals surface area contributed by atoms with Crippen molar-refractivity contribution in [2.45, 2.75) is 158 Å². The van der Waals surface area contributed by atoms with E-state index in [1.54, 1.807) is 0 Å². The minimum absolute atomic E-state index is 0.0292. The molecule has 15 unspecified atom stereocenters.